The van der Waals surface area contributed by atoms with Gasteiger partial charge in [0.25, 0.3) is 0 Å². The van der Waals surface area contributed by atoms with Crippen molar-refractivity contribution in [1.29, 1.82) is 5.26 Å². The number of nitrogens with one attached hydrogen (secondary N) is 1. The summed E-state index contributed by atoms with van der Waals surface area (Å²) in [6.07, 6.45) is 2.32. The third-order valence-corrected chi connectivity index (χ3v) is 3.98. The van der Waals surface area contributed by atoms with Gasteiger partial charge in [0.15, 0.2) is 0 Å². The molecule has 1 fully saturated rings. The van der Waals surface area contributed by atoms with E-state index in [0.29, 0.717) is 11.6 Å². The maximum Gasteiger partial charge on any atom is 0.121 e. The second kappa shape index (κ2) is 5.83. The van der Waals surface area contributed by atoms with E-state index in [9.17, 15) is 0 Å². The molecule has 1 heterocycles. The number of ether oxygens (including phenoxy) is 1. The summed E-state index contributed by atoms with van der Waals surface area (Å²) in [5.41, 5.74) is 1.58. The van der Waals surface area contributed by atoms with Gasteiger partial charge in [0, 0.05) is 12.1 Å². The Labute approximate surface area is 106 Å². The van der Waals surface area contributed by atoms with Gasteiger partial charge in [-0.15, -0.1) is 0 Å². The van der Waals surface area contributed by atoms with Crippen molar-refractivity contribution in [1.82, 2.24) is 0 Å². The fourth-order valence-electron chi connectivity index (χ4n) is 1.93. The zero-order valence-corrected chi connectivity index (χ0v) is 10.7. The molecular weight excluding hydrogens is 232 g/mol. The molecule has 2 rings (SSSR count). The van der Waals surface area contributed by atoms with Gasteiger partial charge < -0.3 is 10.1 Å². The standard InChI is InChI=1S/C13H16N2OS/c1-16-12-3-2-10(9-14)13(8-12)15-11-4-6-17-7-5-11/h2-3,8,11,15H,4-7H2,1H3. The molecule has 0 unspecified atom stereocenters. The molecule has 0 aliphatic carbocycles. The first kappa shape index (κ1) is 12.1. The van der Waals surface area contributed by atoms with Gasteiger partial charge in [-0.25, -0.2) is 0 Å². The number of benzene rings is 1. The van der Waals surface area contributed by atoms with Crippen molar-refractivity contribution in [2.24, 2.45) is 0 Å². The Bertz CT molecular complexity index is 422. The van der Waals surface area contributed by atoms with Crippen LogP contribution in [0.25, 0.3) is 0 Å². The summed E-state index contributed by atoms with van der Waals surface area (Å²) in [5.74, 6) is 3.18. The first-order valence-electron chi connectivity index (χ1n) is 5.76. The predicted molar refractivity (Wildman–Crippen MR) is 71.7 cm³/mol. The highest BCUT2D eigenvalue weighted by molar-refractivity contribution is 7.99. The maximum absolute atomic E-state index is 9.08. The molecule has 1 aromatic carbocycles. The van der Waals surface area contributed by atoms with Crippen LogP contribution in [-0.2, 0) is 0 Å². The number of hydrogen-bond acceptors (Lipinski definition) is 4. The number of hydrogen-bond donors (Lipinski definition) is 1. The minimum atomic E-state index is 0.482. The van der Waals surface area contributed by atoms with E-state index >= 15 is 0 Å². The van der Waals surface area contributed by atoms with E-state index < -0.39 is 0 Å². The molecule has 90 valence electrons. The Hall–Kier alpha value is -1.34. The molecule has 1 saturated heterocycles. The highest BCUT2D eigenvalue weighted by Crippen LogP contribution is 2.26. The molecule has 0 spiro atoms. The Balaban J connectivity index is 2.14. The van der Waals surface area contributed by atoms with Crippen LogP contribution in [0, 0.1) is 11.3 Å². The van der Waals surface area contributed by atoms with Crippen LogP contribution in [0.15, 0.2) is 18.2 Å². The van der Waals surface area contributed by atoms with E-state index in [2.05, 4.69) is 11.4 Å². The third kappa shape index (κ3) is 3.07. The molecule has 0 aromatic heterocycles. The number of methoxy groups -OCH3 is 1. The average molecular weight is 248 g/mol. The summed E-state index contributed by atoms with van der Waals surface area (Å²) >= 11 is 2.00. The van der Waals surface area contributed by atoms with E-state index in [-0.39, 0.29) is 0 Å². The minimum absolute atomic E-state index is 0.482. The minimum Gasteiger partial charge on any atom is -0.497 e. The lowest BCUT2D eigenvalue weighted by Gasteiger charge is -2.24. The molecule has 1 aromatic rings. The lowest BCUT2D eigenvalue weighted by Crippen LogP contribution is -2.24. The molecule has 0 bridgehead atoms. The number of thioether (sulfide) groups is 1. The lowest BCUT2D eigenvalue weighted by atomic mass is 10.1. The van der Waals surface area contributed by atoms with Crippen molar-refractivity contribution in [3.8, 4) is 11.8 Å². The van der Waals surface area contributed by atoms with Gasteiger partial charge in [0.05, 0.1) is 18.4 Å². The van der Waals surface area contributed by atoms with Gasteiger partial charge >= 0.3 is 0 Å². The van der Waals surface area contributed by atoms with Crippen LogP contribution in [0.1, 0.15) is 18.4 Å². The fraction of sp³-hybridized carbons (Fsp3) is 0.462. The van der Waals surface area contributed by atoms with E-state index in [1.807, 2.05) is 23.9 Å². The third-order valence-electron chi connectivity index (χ3n) is 2.93. The molecule has 4 heteroatoms. The van der Waals surface area contributed by atoms with Crippen LogP contribution in [0.5, 0.6) is 5.75 Å². The second-order valence-electron chi connectivity index (χ2n) is 4.05. The van der Waals surface area contributed by atoms with Gasteiger partial charge in [-0.2, -0.15) is 17.0 Å². The van der Waals surface area contributed by atoms with Gasteiger partial charge in [0.2, 0.25) is 0 Å². The lowest BCUT2D eigenvalue weighted by molar-refractivity contribution is 0.415. The maximum atomic E-state index is 9.08. The van der Waals surface area contributed by atoms with Crippen LogP contribution in [0.4, 0.5) is 5.69 Å². The monoisotopic (exact) mass is 248 g/mol. The molecule has 17 heavy (non-hydrogen) atoms. The molecule has 1 aliphatic rings. The topological polar surface area (TPSA) is 45.0 Å². The Morgan fingerprint density at radius 2 is 2.18 bits per heavy atom. The summed E-state index contributed by atoms with van der Waals surface area (Å²) in [6.45, 7) is 0. The molecule has 1 N–H and O–H groups in total. The van der Waals surface area contributed by atoms with Gasteiger partial charge in [0.1, 0.15) is 11.8 Å². The summed E-state index contributed by atoms with van der Waals surface area (Å²) in [7, 11) is 1.64. The quantitative estimate of drug-likeness (QED) is 0.893. The smallest absolute Gasteiger partial charge is 0.121 e. The Morgan fingerprint density at radius 3 is 2.82 bits per heavy atom. The molecule has 0 amide bonds. The van der Waals surface area contributed by atoms with Crippen molar-refractivity contribution in [3.63, 3.8) is 0 Å². The second-order valence-corrected chi connectivity index (χ2v) is 5.28. The van der Waals surface area contributed by atoms with E-state index in [1.54, 1.807) is 13.2 Å². The molecule has 0 saturated carbocycles. The molecule has 1 aliphatic heterocycles. The summed E-state index contributed by atoms with van der Waals surface area (Å²) in [6, 6.07) is 8.22. The highest BCUT2D eigenvalue weighted by atomic mass is 32.2. The normalized spacial score (nSPS) is 16.2. The van der Waals surface area contributed by atoms with Gasteiger partial charge in [-0.1, -0.05) is 0 Å². The molecule has 3 nitrogen and oxygen atoms in total. The zero-order valence-electron chi connectivity index (χ0n) is 9.90. The number of anilines is 1. The molecular formula is C13H16N2OS. The summed E-state index contributed by atoms with van der Waals surface area (Å²) in [4.78, 5) is 0. The van der Waals surface area contributed by atoms with Crippen LogP contribution in [-0.4, -0.2) is 24.7 Å². The van der Waals surface area contributed by atoms with Crippen molar-refractivity contribution in [3.05, 3.63) is 23.8 Å². The largest absolute Gasteiger partial charge is 0.497 e. The molecule has 0 atom stereocenters. The van der Waals surface area contributed by atoms with Crippen LogP contribution < -0.4 is 10.1 Å². The van der Waals surface area contributed by atoms with Crippen molar-refractivity contribution >= 4 is 17.4 Å². The summed E-state index contributed by atoms with van der Waals surface area (Å²) in [5, 5.41) is 12.5. The number of nitrogens with zero attached hydrogens (tertiary/aromatic N) is 1. The zero-order chi connectivity index (χ0) is 12.1. The number of rotatable bonds is 3. The van der Waals surface area contributed by atoms with Gasteiger partial charge in [-0.05, 0) is 36.5 Å². The van der Waals surface area contributed by atoms with E-state index in [4.69, 9.17) is 10.00 Å². The first-order valence-corrected chi connectivity index (χ1v) is 6.91. The van der Waals surface area contributed by atoms with Crippen molar-refractivity contribution in [2.45, 2.75) is 18.9 Å². The fourth-order valence-corrected chi connectivity index (χ4v) is 3.04. The van der Waals surface area contributed by atoms with Crippen LogP contribution in [0.2, 0.25) is 0 Å². The van der Waals surface area contributed by atoms with Crippen LogP contribution >= 0.6 is 11.8 Å². The first-order chi connectivity index (χ1) is 8.33. The van der Waals surface area contributed by atoms with Crippen molar-refractivity contribution < 1.29 is 4.74 Å². The average Bonchev–Trinajstić information content (AvgIpc) is 2.40. The molecule has 0 radical (unpaired) electrons. The summed E-state index contributed by atoms with van der Waals surface area (Å²) < 4.78 is 5.19. The van der Waals surface area contributed by atoms with Crippen molar-refractivity contribution in [2.75, 3.05) is 23.9 Å². The predicted octanol–water partition coefficient (Wildman–Crippen LogP) is 2.87. The SMILES string of the molecule is COc1ccc(C#N)c(NC2CCSCC2)c1. The van der Waals surface area contributed by atoms with Crippen LogP contribution in [0.3, 0.4) is 0 Å². The van der Waals surface area contributed by atoms with E-state index in [0.717, 1.165) is 24.3 Å². The Morgan fingerprint density at radius 1 is 1.41 bits per heavy atom. The highest BCUT2D eigenvalue weighted by Gasteiger charge is 2.15. The Kier molecular flexibility index (Phi) is 4.16. The van der Waals surface area contributed by atoms with E-state index in [1.165, 1.54) is 11.5 Å². The van der Waals surface area contributed by atoms with Gasteiger partial charge in [-0.3, -0.25) is 0 Å². The number of nitriles is 1.